The molecule has 9 nitrogen and oxygen atoms in total. The van der Waals surface area contributed by atoms with Crippen LogP contribution < -0.4 is 0 Å². The van der Waals surface area contributed by atoms with Gasteiger partial charge in [0.1, 0.15) is 19.0 Å². The molecule has 208 valence electrons. The van der Waals surface area contributed by atoms with Crippen molar-refractivity contribution in [2.75, 3.05) is 6.61 Å². The van der Waals surface area contributed by atoms with E-state index in [-0.39, 0.29) is 36.2 Å². The highest BCUT2D eigenvalue weighted by atomic mass is 16.8. The van der Waals surface area contributed by atoms with Gasteiger partial charge in [-0.2, -0.15) is 0 Å². The van der Waals surface area contributed by atoms with Crippen molar-refractivity contribution in [1.82, 2.24) is 0 Å². The van der Waals surface area contributed by atoms with Crippen molar-refractivity contribution in [1.29, 1.82) is 0 Å². The molecule has 7 rings (SSSR count). The predicted molar refractivity (Wildman–Crippen MR) is 131 cm³/mol. The maximum atomic E-state index is 13.1. The third-order valence-electron chi connectivity index (χ3n) is 11.6. The number of aliphatic hydroxyl groups is 3. The lowest BCUT2D eigenvalue weighted by atomic mass is 9.45. The second-order valence-corrected chi connectivity index (χ2v) is 13.2. The largest absolute Gasteiger partial charge is 0.458 e. The molecule has 4 aliphatic carbocycles. The van der Waals surface area contributed by atoms with E-state index < -0.39 is 46.8 Å². The van der Waals surface area contributed by atoms with Gasteiger partial charge in [0.05, 0.1) is 29.3 Å². The number of esters is 1. The number of allylic oxidation sites excluding steroid dienone is 1. The first-order valence-corrected chi connectivity index (χ1v) is 14.2. The Balaban J connectivity index is 1.21. The minimum atomic E-state index is -1.98. The number of aliphatic hydroxyl groups excluding tert-OH is 1. The first kappa shape index (κ1) is 25.4. The summed E-state index contributed by atoms with van der Waals surface area (Å²) >= 11 is 0. The number of hydrogen-bond donors (Lipinski definition) is 3. The molecular formula is C29H38O9. The fourth-order valence-corrected chi connectivity index (χ4v) is 9.62. The molecular weight excluding hydrogens is 492 g/mol. The Labute approximate surface area is 222 Å². The minimum absolute atomic E-state index is 0.0725. The molecule has 3 aliphatic heterocycles. The van der Waals surface area contributed by atoms with E-state index >= 15 is 0 Å². The van der Waals surface area contributed by atoms with Crippen LogP contribution in [0.15, 0.2) is 23.3 Å². The van der Waals surface area contributed by atoms with Gasteiger partial charge in [0.15, 0.2) is 0 Å². The average molecular weight is 531 g/mol. The molecule has 9 heteroatoms. The van der Waals surface area contributed by atoms with Crippen LogP contribution in [-0.2, 0) is 28.5 Å². The number of cyclic esters (lactones) is 1. The zero-order valence-electron chi connectivity index (χ0n) is 22.0. The minimum Gasteiger partial charge on any atom is -0.458 e. The molecule has 0 aromatic carbocycles. The molecule has 12 atom stereocenters. The quantitative estimate of drug-likeness (QED) is 0.278. The molecule has 0 amide bonds. The topological polar surface area (TPSA) is 132 Å². The number of carbonyl (C=O) groups is 2. The molecule has 2 saturated heterocycles. The molecule has 3 saturated carbocycles. The number of fused-ring (bicyclic) bond motifs is 7. The van der Waals surface area contributed by atoms with Crippen LogP contribution in [0.25, 0.3) is 0 Å². The molecule has 3 N–H and O–H groups in total. The summed E-state index contributed by atoms with van der Waals surface area (Å²) in [7, 11) is 0. The van der Waals surface area contributed by atoms with Crippen LogP contribution in [-0.4, -0.2) is 76.3 Å². The lowest BCUT2D eigenvalue weighted by Gasteiger charge is -2.62. The number of aldehydes is 1. The van der Waals surface area contributed by atoms with E-state index in [1.165, 1.54) is 0 Å². The van der Waals surface area contributed by atoms with Gasteiger partial charge < -0.3 is 39.1 Å². The van der Waals surface area contributed by atoms with Crippen LogP contribution in [0, 0.1) is 28.6 Å². The maximum Gasteiger partial charge on any atom is 0.331 e. The van der Waals surface area contributed by atoms with Crippen molar-refractivity contribution in [3.8, 4) is 0 Å². The highest BCUT2D eigenvalue weighted by molar-refractivity contribution is 5.85. The van der Waals surface area contributed by atoms with Crippen LogP contribution in [0.4, 0.5) is 0 Å². The molecule has 7 aliphatic rings. The summed E-state index contributed by atoms with van der Waals surface area (Å²) in [6.45, 7) is 4.27. The van der Waals surface area contributed by atoms with Crippen LogP contribution in [0.2, 0.25) is 0 Å². The van der Waals surface area contributed by atoms with Crippen molar-refractivity contribution < 1.29 is 43.9 Å². The summed E-state index contributed by atoms with van der Waals surface area (Å²) in [6.07, 6.45) is 5.91. The first-order valence-electron chi connectivity index (χ1n) is 14.2. The normalized spacial score (nSPS) is 55.3. The Hall–Kier alpha value is -1.62. The summed E-state index contributed by atoms with van der Waals surface area (Å²) in [5.74, 6) is -2.40. The summed E-state index contributed by atoms with van der Waals surface area (Å²) < 4.78 is 23.4. The maximum absolute atomic E-state index is 13.1. The van der Waals surface area contributed by atoms with Gasteiger partial charge in [-0.15, -0.1) is 0 Å². The molecule has 38 heavy (non-hydrogen) atoms. The molecule has 5 fully saturated rings. The number of hydrogen-bond acceptors (Lipinski definition) is 9. The Morgan fingerprint density at radius 1 is 1.11 bits per heavy atom. The van der Waals surface area contributed by atoms with E-state index in [4.69, 9.17) is 18.9 Å². The summed E-state index contributed by atoms with van der Waals surface area (Å²) in [5, 5.41) is 34.3. The lowest BCUT2D eigenvalue weighted by molar-refractivity contribution is -0.453. The SMILES string of the molecule is CC1CC(O)C2(O)OC3CC4(C=O)C(=CCC5C4CCC4(C)C(C6=CC(=O)OC6)CCC54O)CC3OC2O1. The number of rotatable bonds is 2. The Kier molecular flexibility index (Phi) is 5.48. The summed E-state index contributed by atoms with van der Waals surface area (Å²) in [4.78, 5) is 24.9. The summed E-state index contributed by atoms with van der Waals surface area (Å²) in [6, 6.07) is 0. The van der Waals surface area contributed by atoms with Crippen molar-refractivity contribution in [2.45, 2.75) is 107 Å². The van der Waals surface area contributed by atoms with E-state index in [0.717, 1.165) is 36.7 Å². The van der Waals surface area contributed by atoms with Gasteiger partial charge in [0.2, 0.25) is 12.1 Å². The molecule has 0 radical (unpaired) electrons. The van der Waals surface area contributed by atoms with Gasteiger partial charge in [-0.3, -0.25) is 0 Å². The van der Waals surface area contributed by atoms with E-state index in [1.807, 2.05) is 6.92 Å². The highest BCUT2D eigenvalue weighted by Crippen LogP contribution is 2.69. The Bertz CT molecular complexity index is 1120. The Morgan fingerprint density at radius 3 is 2.66 bits per heavy atom. The molecule has 0 bridgehead atoms. The molecule has 0 aromatic rings. The number of carbonyl (C=O) groups excluding carboxylic acids is 2. The smallest absolute Gasteiger partial charge is 0.331 e. The number of ether oxygens (including phenoxy) is 4. The van der Waals surface area contributed by atoms with Crippen LogP contribution in [0.1, 0.15) is 65.2 Å². The predicted octanol–water partition coefficient (Wildman–Crippen LogP) is 1.92. The van der Waals surface area contributed by atoms with Gasteiger partial charge in [-0.05, 0) is 75.2 Å². The molecule has 12 unspecified atom stereocenters. The summed E-state index contributed by atoms with van der Waals surface area (Å²) in [5.41, 5.74) is -0.215. The van der Waals surface area contributed by atoms with E-state index in [2.05, 4.69) is 13.0 Å². The fourth-order valence-electron chi connectivity index (χ4n) is 9.62. The van der Waals surface area contributed by atoms with Crippen LogP contribution >= 0.6 is 0 Å². The molecule has 0 aromatic heterocycles. The van der Waals surface area contributed by atoms with E-state index in [1.54, 1.807) is 6.08 Å². The van der Waals surface area contributed by atoms with Crippen molar-refractivity contribution in [3.63, 3.8) is 0 Å². The second-order valence-electron chi connectivity index (χ2n) is 13.2. The average Bonchev–Trinajstić information content (AvgIpc) is 3.42. The monoisotopic (exact) mass is 530 g/mol. The zero-order valence-corrected chi connectivity index (χ0v) is 22.0. The van der Waals surface area contributed by atoms with Gasteiger partial charge in [-0.25, -0.2) is 4.79 Å². The molecule has 3 heterocycles. The third-order valence-corrected chi connectivity index (χ3v) is 11.6. The van der Waals surface area contributed by atoms with Crippen LogP contribution in [0.3, 0.4) is 0 Å². The standard InChI is InChI=1S/C29H38O9/c1-15-9-23(31)29(34)25(36-15)37-21-11-17-3-4-20-19(27(17,14-30)12-22(21)38-29)5-7-26(2)18(6-8-28(20,26)33)16-10-24(32)35-13-16/h3,10,14-15,18-23,25,31,33-34H,4-9,11-13H2,1-2H3. The lowest BCUT2D eigenvalue weighted by Crippen LogP contribution is -2.70. The van der Waals surface area contributed by atoms with E-state index in [9.17, 15) is 24.9 Å². The van der Waals surface area contributed by atoms with Crippen molar-refractivity contribution >= 4 is 12.3 Å². The Morgan fingerprint density at radius 2 is 1.92 bits per heavy atom. The second kappa shape index (κ2) is 8.21. The zero-order chi connectivity index (χ0) is 26.7. The van der Waals surface area contributed by atoms with Gasteiger partial charge >= 0.3 is 5.97 Å². The highest BCUT2D eigenvalue weighted by Gasteiger charge is 2.69. The van der Waals surface area contributed by atoms with Crippen molar-refractivity contribution in [3.05, 3.63) is 23.3 Å². The fraction of sp³-hybridized carbons (Fsp3) is 0.793. The van der Waals surface area contributed by atoms with Gasteiger partial charge in [0.25, 0.3) is 0 Å². The van der Waals surface area contributed by atoms with Crippen molar-refractivity contribution in [2.24, 2.45) is 28.6 Å². The van der Waals surface area contributed by atoms with Gasteiger partial charge in [-0.1, -0.05) is 18.6 Å². The molecule has 0 spiro atoms. The third kappa shape index (κ3) is 3.14. The van der Waals surface area contributed by atoms with Crippen LogP contribution in [0.5, 0.6) is 0 Å². The van der Waals surface area contributed by atoms with E-state index in [0.29, 0.717) is 32.3 Å². The van der Waals surface area contributed by atoms with Gasteiger partial charge in [0, 0.05) is 17.9 Å². The first-order chi connectivity index (χ1) is 18.0.